The van der Waals surface area contributed by atoms with Crippen molar-refractivity contribution in [3.8, 4) is 5.75 Å². The van der Waals surface area contributed by atoms with Crippen LogP contribution >= 0.6 is 11.6 Å². The maximum Gasteiger partial charge on any atom is 0.359 e. The lowest BCUT2D eigenvalue weighted by Crippen LogP contribution is -2.18. The molecule has 0 spiro atoms. The number of halogens is 1. The Balaban J connectivity index is 1.72. The van der Waals surface area contributed by atoms with Gasteiger partial charge in [-0.25, -0.2) is 9.79 Å². The van der Waals surface area contributed by atoms with Gasteiger partial charge in [0.25, 0.3) is 0 Å². The first-order chi connectivity index (χ1) is 12.1. The van der Waals surface area contributed by atoms with Crippen LogP contribution in [0.15, 0.2) is 58.5 Å². The minimum Gasteiger partial charge on any atom is -0.497 e. The van der Waals surface area contributed by atoms with Crippen LogP contribution in [-0.2, 0) is 16.1 Å². The zero-order valence-electron chi connectivity index (χ0n) is 13.9. The molecule has 5 nitrogen and oxygen atoms in total. The van der Waals surface area contributed by atoms with Crippen molar-refractivity contribution < 1.29 is 14.3 Å². The van der Waals surface area contributed by atoms with Gasteiger partial charge in [0.1, 0.15) is 5.75 Å². The van der Waals surface area contributed by atoms with Crippen LogP contribution in [0, 0.1) is 0 Å². The third-order valence-electron chi connectivity index (χ3n) is 3.80. The van der Waals surface area contributed by atoms with Gasteiger partial charge in [-0.1, -0.05) is 35.9 Å². The van der Waals surface area contributed by atoms with Crippen LogP contribution in [0.1, 0.15) is 18.1 Å². The van der Waals surface area contributed by atoms with Gasteiger partial charge in [0.2, 0.25) is 6.23 Å². The topological polar surface area (TPSA) is 60.2 Å². The van der Waals surface area contributed by atoms with E-state index in [4.69, 9.17) is 21.1 Å². The minimum absolute atomic E-state index is 0.292. The molecule has 0 aliphatic carbocycles. The van der Waals surface area contributed by atoms with Crippen LogP contribution in [-0.4, -0.2) is 30.7 Å². The molecule has 1 heterocycles. The predicted molar refractivity (Wildman–Crippen MR) is 97.7 cm³/mol. The SMILES string of the molecule is COc1ccc(CN=C(C)C2N=C(c3ccc(Cl)cc3)C(=O)O2)cc1. The molecule has 1 aliphatic heterocycles. The second kappa shape index (κ2) is 7.49. The Morgan fingerprint density at radius 2 is 1.88 bits per heavy atom. The molecule has 0 saturated carbocycles. The zero-order chi connectivity index (χ0) is 17.8. The summed E-state index contributed by atoms with van der Waals surface area (Å²) in [7, 11) is 1.63. The molecule has 0 saturated heterocycles. The summed E-state index contributed by atoms with van der Waals surface area (Å²) in [6.45, 7) is 2.28. The molecule has 6 heteroatoms. The molecule has 1 unspecified atom stereocenters. The Morgan fingerprint density at radius 1 is 1.20 bits per heavy atom. The molecule has 2 aromatic carbocycles. The molecule has 2 aromatic rings. The lowest BCUT2D eigenvalue weighted by Gasteiger charge is -2.06. The summed E-state index contributed by atoms with van der Waals surface area (Å²) in [4.78, 5) is 20.9. The summed E-state index contributed by atoms with van der Waals surface area (Å²) in [5.74, 6) is 0.345. The summed E-state index contributed by atoms with van der Waals surface area (Å²) in [5, 5.41) is 0.601. The van der Waals surface area contributed by atoms with Crippen LogP contribution in [0.2, 0.25) is 5.02 Å². The lowest BCUT2D eigenvalue weighted by atomic mass is 10.1. The van der Waals surface area contributed by atoms with Crippen molar-refractivity contribution in [1.29, 1.82) is 0 Å². The number of benzene rings is 2. The Labute approximate surface area is 151 Å². The molecule has 0 bridgehead atoms. The predicted octanol–water partition coefficient (Wildman–Crippen LogP) is 3.68. The van der Waals surface area contributed by atoms with Crippen LogP contribution in [0.25, 0.3) is 0 Å². The van der Waals surface area contributed by atoms with E-state index < -0.39 is 12.2 Å². The number of esters is 1. The Bertz CT molecular complexity index is 827. The Hall–Kier alpha value is -2.66. The summed E-state index contributed by atoms with van der Waals surface area (Å²) in [6.07, 6.45) is -0.684. The van der Waals surface area contributed by atoms with Crippen molar-refractivity contribution in [2.24, 2.45) is 9.98 Å². The van der Waals surface area contributed by atoms with Crippen LogP contribution in [0.5, 0.6) is 5.75 Å². The molecule has 25 heavy (non-hydrogen) atoms. The van der Waals surface area contributed by atoms with Gasteiger partial charge in [-0.05, 0) is 36.8 Å². The van der Waals surface area contributed by atoms with E-state index in [0.717, 1.165) is 11.3 Å². The first-order valence-electron chi connectivity index (χ1n) is 7.75. The highest BCUT2D eigenvalue weighted by molar-refractivity contribution is 6.45. The fourth-order valence-electron chi connectivity index (χ4n) is 2.36. The average molecular weight is 357 g/mol. The number of carbonyl (C=O) groups excluding carboxylic acids is 1. The molecule has 0 N–H and O–H groups in total. The fourth-order valence-corrected chi connectivity index (χ4v) is 2.48. The van der Waals surface area contributed by atoms with Crippen molar-refractivity contribution in [1.82, 2.24) is 0 Å². The number of hydrogen-bond acceptors (Lipinski definition) is 5. The molecular weight excluding hydrogens is 340 g/mol. The number of aliphatic imine (C=N–C) groups is 2. The Morgan fingerprint density at radius 3 is 2.52 bits per heavy atom. The highest BCUT2D eigenvalue weighted by atomic mass is 35.5. The highest BCUT2D eigenvalue weighted by Gasteiger charge is 2.30. The number of carbonyl (C=O) groups is 1. The first-order valence-corrected chi connectivity index (χ1v) is 8.13. The largest absolute Gasteiger partial charge is 0.497 e. The molecule has 1 aliphatic rings. The molecule has 3 rings (SSSR count). The Kier molecular flexibility index (Phi) is 5.14. The second-order valence-electron chi connectivity index (χ2n) is 5.55. The van der Waals surface area contributed by atoms with Crippen molar-refractivity contribution >= 4 is 29.0 Å². The number of nitrogens with zero attached hydrogens (tertiary/aromatic N) is 2. The van der Waals surface area contributed by atoms with Gasteiger partial charge in [-0.3, -0.25) is 4.99 Å². The van der Waals surface area contributed by atoms with E-state index in [2.05, 4.69) is 9.98 Å². The zero-order valence-corrected chi connectivity index (χ0v) is 14.7. The number of methoxy groups -OCH3 is 1. The summed E-state index contributed by atoms with van der Waals surface area (Å²) >= 11 is 5.87. The quantitative estimate of drug-likeness (QED) is 0.606. The number of ether oxygens (including phenoxy) is 2. The van der Waals surface area contributed by atoms with Gasteiger partial charge in [-0.15, -0.1) is 0 Å². The first kappa shape index (κ1) is 17.2. The van der Waals surface area contributed by atoms with E-state index in [9.17, 15) is 4.79 Å². The summed E-state index contributed by atoms with van der Waals surface area (Å²) in [5.41, 5.74) is 2.65. The molecule has 1 atom stereocenters. The van der Waals surface area contributed by atoms with Crippen molar-refractivity contribution in [3.05, 3.63) is 64.7 Å². The van der Waals surface area contributed by atoms with Crippen LogP contribution in [0.4, 0.5) is 0 Å². The third kappa shape index (κ3) is 4.06. The number of hydrogen-bond donors (Lipinski definition) is 0. The van der Waals surface area contributed by atoms with Crippen LogP contribution < -0.4 is 4.74 Å². The van der Waals surface area contributed by atoms with Gasteiger partial charge in [0, 0.05) is 10.6 Å². The van der Waals surface area contributed by atoms with E-state index in [-0.39, 0.29) is 0 Å². The van der Waals surface area contributed by atoms with Crippen molar-refractivity contribution in [3.63, 3.8) is 0 Å². The smallest absolute Gasteiger partial charge is 0.359 e. The maximum absolute atomic E-state index is 12.1. The van der Waals surface area contributed by atoms with Crippen molar-refractivity contribution in [2.45, 2.75) is 19.7 Å². The fraction of sp³-hybridized carbons (Fsp3) is 0.211. The van der Waals surface area contributed by atoms with Gasteiger partial charge >= 0.3 is 5.97 Å². The summed E-state index contributed by atoms with van der Waals surface area (Å²) < 4.78 is 10.4. The minimum atomic E-state index is -0.684. The van der Waals surface area contributed by atoms with Crippen molar-refractivity contribution in [2.75, 3.05) is 7.11 Å². The molecule has 128 valence electrons. The monoisotopic (exact) mass is 356 g/mol. The molecule has 0 aromatic heterocycles. The molecule has 0 radical (unpaired) electrons. The lowest BCUT2D eigenvalue weighted by molar-refractivity contribution is -0.135. The normalized spacial score (nSPS) is 17.2. The van der Waals surface area contributed by atoms with Gasteiger partial charge < -0.3 is 9.47 Å². The molecular formula is C19H17ClN2O3. The highest BCUT2D eigenvalue weighted by Crippen LogP contribution is 2.18. The van der Waals surface area contributed by atoms with E-state index >= 15 is 0 Å². The number of rotatable bonds is 5. The molecule has 0 amide bonds. The standard InChI is InChI=1S/C19H17ClN2O3/c1-12(21-11-13-3-9-16(24-2)10-4-13)18-22-17(19(23)25-18)14-5-7-15(20)8-6-14/h3-10,18H,11H2,1-2H3. The van der Waals surface area contributed by atoms with E-state index in [1.807, 2.05) is 24.3 Å². The molecule has 0 fully saturated rings. The van der Waals surface area contributed by atoms with Crippen LogP contribution in [0.3, 0.4) is 0 Å². The van der Waals surface area contributed by atoms with E-state index in [0.29, 0.717) is 28.6 Å². The average Bonchev–Trinajstić information content (AvgIpc) is 3.02. The summed E-state index contributed by atoms with van der Waals surface area (Å²) in [6, 6.07) is 14.6. The maximum atomic E-state index is 12.1. The second-order valence-corrected chi connectivity index (χ2v) is 5.98. The van der Waals surface area contributed by atoms with Gasteiger partial charge in [0.05, 0.1) is 19.4 Å². The van der Waals surface area contributed by atoms with E-state index in [1.165, 1.54) is 0 Å². The van der Waals surface area contributed by atoms with E-state index in [1.54, 1.807) is 38.3 Å². The van der Waals surface area contributed by atoms with Gasteiger partial charge in [-0.2, -0.15) is 0 Å². The number of cyclic esters (lactones) is 1. The third-order valence-corrected chi connectivity index (χ3v) is 4.06. The van der Waals surface area contributed by atoms with Gasteiger partial charge in [0.15, 0.2) is 5.71 Å².